The van der Waals surface area contributed by atoms with Gasteiger partial charge in [0.15, 0.2) is 0 Å². The van der Waals surface area contributed by atoms with Crippen LogP contribution < -0.4 is 5.32 Å². The number of carbonyl (C=O) groups excluding carboxylic acids is 1. The first-order chi connectivity index (χ1) is 8.90. The van der Waals surface area contributed by atoms with E-state index in [0.29, 0.717) is 43.3 Å². The van der Waals surface area contributed by atoms with Crippen molar-refractivity contribution in [3.8, 4) is 6.07 Å². The molecular weight excluding hydrogens is 279 g/mol. The highest BCUT2D eigenvalue weighted by atomic mass is 35.5. The van der Waals surface area contributed by atoms with Crippen molar-refractivity contribution >= 4 is 25.7 Å². The molecule has 0 radical (unpaired) electrons. The summed E-state index contributed by atoms with van der Waals surface area (Å²) in [6.45, 7) is 8.83. The number of halogens is 1. The van der Waals surface area contributed by atoms with Crippen LogP contribution in [0, 0.1) is 11.3 Å². The van der Waals surface area contributed by atoms with E-state index in [4.69, 9.17) is 16.9 Å². The third-order valence-corrected chi connectivity index (χ3v) is 5.30. The molecule has 0 aliphatic rings. The van der Waals surface area contributed by atoms with E-state index in [0.717, 1.165) is 5.56 Å². The van der Waals surface area contributed by atoms with Gasteiger partial charge < -0.3 is 5.32 Å². The van der Waals surface area contributed by atoms with Crippen LogP contribution in [0.3, 0.4) is 0 Å². The van der Waals surface area contributed by atoms with E-state index >= 15 is 0 Å². The van der Waals surface area contributed by atoms with Crippen LogP contribution in [0.4, 0.5) is 0 Å². The molecule has 0 aromatic carbocycles. The van der Waals surface area contributed by atoms with Crippen LogP contribution in [0.15, 0.2) is 0 Å². The van der Waals surface area contributed by atoms with Crippen molar-refractivity contribution in [1.82, 2.24) is 5.32 Å². The Hall–Kier alpha value is -0.970. The average Bonchev–Trinajstić information content (AvgIpc) is 2.67. The average molecular weight is 299 g/mol. The molecule has 1 heterocycles. The van der Waals surface area contributed by atoms with E-state index in [1.807, 2.05) is 6.07 Å². The fraction of sp³-hybridized carbons (Fsp3) is 0.571. The minimum atomic E-state index is -0.132. The third-order valence-electron chi connectivity index (χ3n) is 2.91. The van der Waals surface area contributed by atoms with Crippen molar-refractivity contribution in [2.24, 2.45) is 0 Å². The van der Waals surface area contributed by atoms with Crippen molar-refractivity contribution in [2.45, 2.75) is 46.0 Å². The molecule has 104 valence electrons. The molecule has 1 amide bonds. The van der Waals surface area contributed by atoms with Gasteiger partial charge >= 0.3 is 0 Å². The molecule has 0 aliphatic carbocycles. The maximum atomic E-state index is 12.1. The number of nitrogens with zero attached hydrogens (tertiary/aromatic N) is 1. The molecule has 0 aliphatic heterocycles. The standard InChI is InChI=1S/C14H20ClN2OP/c1-8(2)10-11(15)13(19-12(10)9(3)4)14(18)17-7-5-6-16/h8-9,19H,5,7H2,1-4H3,(H,17,18). The Morgan fingerprint density at radius 3 is 2.42 bits per heavy atom. The van der Waals surface area contributed by atoms with E-state index < -0.39 is 0 Å². The van der Waals surface area contributed by atoms with Crippen molar-refractivity contribution < 1.29 is 4.79 Å². The molecule has 1 aromatic heterocycles. The molecule has 5 heteroatoms. The monoisotopic (exact) mass is 298 g/mol. The second kappa shape index (κ2) is 6.98. The number of hydrogen-bond donors (Lipinski definition) is 1. The summed E-state index contributed by atoms with van der Waals surface area (Å²) in [6, 6.07) is 2.01. The molecule has 0 fully saturated rings. The Morgan fingerprint density at radius 2 is 2.00 bits per heavy atom. The maximum absolute atomic E-state index is 12.1. The first kappa shape index (κ1) is 16.1. The molecule has 1 unspecified atom stereocenters. The summed E-state index contributed by atoms with van der Waals surface area (Å²) in [4.78, 5) is 12.1. The van der Waals surface area contributed by atoms with Crippen molar-refractivity contribution in [1.29, 1.82) is 5.26 Å². The van der Waals surface area contributed by atoms with Crippen LogP contribution in [0.5, 0.6) is 0 Å². The molecule has 0 saturated carbocycles. The van der Waals surface area contributed by atoms with E-state index in [1.165, 1.54) is 5.30 Å². The predicted molar refractivity (Wildman–Crippen MR) is 81.7 cm³/mol. The molecule has 0 spiro atoms. The Labute approximate surface area is 121 Å². The van der Waals surface area contributed by atoms with Crippen molar-refractivity contribution in [3.63, 3.8) is 0 Å². The van der Waals surface area contributed by atoms with Gasteiger partial charge in [0.05, 0.1) is 22.8 Å². The fourth-order valence-corrected chi connectivity index (χ4v) is 4.19. The zero-order valence-corrected chi connectivity index (χ0v) is 13.6. The topological polar surface area (TPSA) is 52.9 Å². The van der Waals surface area contributed by atoms with Gasteiger partial charge in [-0.1, -0.05) is 39.3 Å². The molecule has 0 bridgehead atoms. The second-order valence-corrected chi connectivity index (χ2v) is 6.78. The van der Waals surface area contributed by atoms with Gasteiger partial charge in [-0.15, -0.1) is 8.19 Å². The first-order valence-corrected chi connectivity index (χ1v) is 7.84. The summed E-state index contributed by atoms with van der Waals surface area (Å²) in [5.74, 6) is 0.586. The molecule has 3 nitrogen and oxygen atoms in total. The lowest BCUT2D eigenvalue weighted by Crippen LogP contribution is -2.23. The third kappa shape index (κ3) is 3.75. The smallest absolute Gasteiger partial charge is 0.256 e. The van der Waals surface area contributed by atoms with Gasteiger partial charge in [-0.25, -0.2) is 0 Å². The van der Waals surface area contributed by atoms with Gasteiger partial charge in [-0.05, 0) is 22.7 Å². The maximum Gasteiger partial charge on any atom is 0.256 e. The SMILES string of the molecule is CC(C)c1[pH]c(C(=O)NCCC#N)c(Cl)c1C(C)C. The normalized spacial score (nSPS) is 11.3. The van der Waals surface area contributed by atoms with Gasteiger partial charge in [0.2, 0.25) is 0 Å². The molecular formula is C14H20ClN2OP. The summed E-state index contributed by atoms with van der Waals surface area (Å²) >= 11 is 6.39. The van der Waals surface area contributed by atoms with Crippen LogP contribution in [0.2, 0.25) is 5.02 Å². The lowest BCUT2D eigenvalue weighted by molar-refractivity contribution is 0.0959. The summed E-state index contributed by atoms with van der Waals surface area (Å²) in [7, 11) is 0.349. The molecule has 1 atom stereocenters. The van der Waals surface area contributed by atoms with Gasteiger partial charge in [0, 0.05) is 6.54 Å². The zero-order chi connectivity index (χ0) is 14.6. The van der Waals surface area contributed by atoms with E-state index in [2.05, 4.69) is 33.0 Å². The Bertz CT molecular complexity index is 500. The summed E-state index contributed by atoms with van der Waals surface area (Å²) in [5.41, 5.74) is 1.13. The second-order valence-electron chi connectivity index (χ2n) is 5.11. The quantitative estimate of drug-likeness (QED) is 0.826. The minimum absolute atomic E-state index is 0.132. The minimum Gasteiger partial charge on any atom is -0.351 e. The number of rotatable bonds is 5. The first-order valence-electron chi connectivity index (χ1n) is 6.46. The largest absolute Gasteiger partial charge is 0.351 e. The van der Waals surface area contributed by atoms with E-state index in [-0.39, 0.29) is 5.91 Å². The van der Waals surface area contributed by atoms with Gasteiger partial charge in [0.25, 0.3) is 5.91 Å². The number of amides is 1. The summed E-state index contributed by atoms with van der Waals surface area (Å²) in [5, 5.41) is 13.8. The van der Waals surface area contributed by atoms with Gasteiger partial charge in [-0.2, -0.15) is 5.26 Å². The van der Waals surface area contributed by atoms with Crippen LogP contribution in [0.25, 0.3) is 0 Å². The summed E-state index contributed by atoms with van der Waals surface area (Å²) < 4.78 is 0. The molecule has 0 saturated heterocycles. The summed E-state index contributed by atoms with van der Waals surface area (Å²) in [6.07, 6.45) is 0.321. The van der Waals surface area contributed by atoms with Crippen molar-refractivity contribution in [2.75, 3.05) is 6.54 Å². The number of carbonyl (C=O) groups is 1. The fourth-order valence-electron chi connectivity index (χ4n) is 2.01. The van der Waals surface area contributed by atoms with Crippen LogP contribution in [-0.2, 0) is 0 Å². The zero-order valence-electron chi connectivity index (χ0n) is 11.8. The van der Waals surface area contributed by atoms with Crippen molar-refractivity contribution in [3.05, 3.63) is 21.2 Å². The highest BCUT2D eigenvalue weighted by Crippen LogP contribution is 2.44. The van der Waals surface area contributed by atoms with E-state index in [9.17, 15) is 4.79 Å². The number of hydrogen-bond acceptors (Lipinski definition) is 2. The van der Waals surface area contributed by atoms with Gasteiger partial charge in [0.1, 0.15) is 0 Å². The van der Waals surface area contributed by atoms with Crippen LogP contribution in [-0.4, -0.2) is 12.5 Å². The highest BCUT2D eigenvalue weighted by Gasteiger charge is 2.23. The Balaban J connectivity index is 3.06. The Morgan fingerprint density at radius 1 is 1.37 bits per heavy atom. The number of nitrogens with one attached hydrogen (secondary N) is 1. The van der Waals surface area contributed by atoms with Crippen LogP contribution >= 0.6 is 19.8 Å². The molecule has 1 N–H and O–H groups in total. The van der Waals surface area contributed by atoms with E-state index in [1.54, 1.807) is 0 Å². The lowest BCUT2D eigenvalue weighted by Gasteiger charge is -2.11. The van der Waals surface area contributed by atoms with Gasteiger partial charge in [-0.3, -0.25) is 4.79 Å². The highest BCUT2D eigenvalue weighted by molar-refractivity contribution is 7.34. The number of nitriles is 1. The van der Waals surface area contributed by atoms with Crippen LogP contribution in [0.1, 0.15) is 66.9 Å². The molecule has 1 rings (SSSR count). The molecule has 1 aromatic rings. The Kier molecular flexibility index (Phi) is 5.91. The predicted octanol–water partition coefficient (Wildman–Crippen LogP) is 4.26. The lowest BCUT2D eigenvalue weighted by atomic mass is 9.98. The molecule has 19 heavy (non-hydrogen) atoms.